The average molecular weight is 1680 g/mol. The normalized spacial score (nSPS) is 11.4. The van der Waals surface area contributed by atoms with Crippen LogP contribution in [0.5, 0.6) is 0 Å². The van der Waals surface area contributed by atoms with Crippen LogP contribution in [0, 0.1) is 5.92 Å². The van der Waals surface area contributed by atoms with Crippen molar-refractivity contribution in [1.29, 1.82) is 0 Å². The van der Waals surface area contributed by atoms with Crippen molar-refractivity contribution in [2.24, 2.45) is 5.92 Å². The number of ether oxygens (including phenoxy) is 7. The van der Waals surface area contributed by atoms with Crippen LogP contribution >= 0.6 is 0 Å². The number of hydrogen-bond acceptors (Lipinski definition) is 33. The number of amides is 14. The summed E-state index contributed by atoms with van der Waals surface area (Å²) in [5, 5.41) is 18.5. The van der Waals surface area contributed by atoms with E-state index in [0.29, 0.717) is 12.5 Å². The standard InChI is InChI=1S/C51H86F8N14O29.C9H13NO2/c52-93-27-20-86-44(78)60-2-12-70(13-3-61-45(79)87-21-28-94-53)40(74)36-68(37-41(75)71(14-4-62-46(80)88-22-29-95-54)15-5-63-47(81)89-23-30-96-55)10-1-11-69(38-42(76)72(16-6-64-48(82)90-24-31-97-56)17-7-65-49(83)91-25-32-98-57)39-43(77)73(18-8-66-50(84)92-26-33-99-58)19-9-67-51(85)102-101-35-34-100-59;1-7(2)5-6-10-8(11)3-4-9(10)12/h1-39H2,(H,60,78)(H,61,79)(H,62,80)(H,63,81)(H,64,82)(H,65,83)(H,66,84)(H,67,85);3-4,7H,5-6H2,1-2H3. The molecule has 0 spiro atoms. The fourth-order valence-electron chi connectivity index (χ4n) is 8.65. The van der Waals surface area contributed by atoms with Gasteiger partial charge < -0.3 is 95.3 Å². The number of nitrogens with zero attached hydrogens (tertiary/aromatic N) is 7. The highest BCUT2D eigenvalue weighted by molar-refractivity contribution is 6.12. The number of carbonyl (C=O) groups is 14. The van der Waals surface area contributed by atoms with Crippen molar-refractivity contribution in [3.63, 3.8) is 0 Å². The first-order chi connectivity index (χ1) is 54.9. The largest absolute Gasteiger partial charge is 0.447 e. The van der Waals surface area contributed by atoms with E-state index in [2.05, 4.69) is 106 Å². The predicted octanol–water partition coefficient (Wildman–Crippen LogP) is -0.798. The molecule has 114 heavy (non-hydrogen) atoms. The zero-order chi connectivity index (χ0) is 84.8. The number of carbonyl (C=O) groups excluding carboxylic acids is 14. The summed E-state index contributed by atoms with van der Waals surface area (Å²) in [5.41, 5.74) is 0. The molecule has 8 N–H and O–H groups in total. The van der Waals surface area contributed by atoms with Gasteiger partial charge in [-0.05, 0) is 55.0 Å². The van der Waals surface area contributed by atoms with Gasteiger partial charge in [-0.25, -0.2) is 38.4 Å². The summed E-state index contributed by atoms with van der Waals surface area (Å²) in [7, 11) is 0. The van der Waals surface area contributed by atoms with Gasteiger partial charge in [0.15, 0.2) is 0 Å². The van der Waals surface area contributed by atoms with Crippen molar-refractivity contribution < 1.29 is 186 Å². The van der Waals surface area contributed by atoms with Gasteiger partial charge >= 0.3 is 48.7 Å². The molecule has 1 rings (SSSR count). The molecule has 54 heteroatoms. The van der Waals surface area contributed by atoms with Gasteiger partial charge in [-0.2, -0.15) is 44.4 Å². The van der Waals surface area contributed by atoms with Gasteiger partial charge in [0, 0.05) is 137 Å². The van der Waals surface area contributed by atoms with Crippen LogP contribution in [0.2, 0.25) is 0 Å². The van der Waals surface area contributed by atoms with Crippen molar-refractivity contribution in [3.8, 4) is 0 Å². The zero-order valence-corrected chi connectivity index (χ0v) is 62.5. The van der Waals surface area contributed by atoms with Crippen molar-refractivity contribution in [2.45, 2.75) is 26.7 Å². The molecule has 46 nitrogen and oxygen atoms in total. The Morgan fingerprint density at radius 1 is 0.316 bits per heavy atom. The third-order valence-electron chi connectivity index (χ3n) is 14.0. The molecule has 0 aliphatic carbocycles. The SMILES string of the molecule is CC(C)CCN1C(=O)C=CC1=O.O=C(NCCN(CCNC(=O)OCCOF)C(=O)CN(CCCN(CC(=O)N(CCNC(=O)OCCOF)CCNC(=O)OCCOF)CC(=O)N(CCNC(=O)OCCOF)CCNC(=O)OOCCOF)CC(=O)N(CCNC(=O)OCCOF)CCNC(=O)OCCOF)OCCOF. The molecule has 0 bridgehead atoms. The number of hydrogen-bond donors (Lipinski definition) is 8. The Hall–Kier alpha value is -10.1. The van der Waals surface area contributed by atoms with Crippen LogP contribution in [0.4, 0.5) is 74.6 Å². The molecule has 1 heterocycles. The number of rotatable bonds is 64. The van der Waals surface area contributed by atoms with E-state index in [1.807, 2.05) is 0 Å². The lowest BCUT2D eigenvalue weighted by Gasteiger charge is -2.32. The molecular formula is C60H99F8N15O31. The van der Waals surface area contributed by atoms with Gasteiger partial charge in [0.1, 0.15) is 106 Å². The highest BCUT2D eigenvalue weighted by atomic mass is 19.3. The first-order valence-corrected chi connectivity index (χ1v) is 34.8. The Bertz CT molecular complexity index is 2630. The second-order valence-electron chi connectivity index (χ2n) is 22.7. The van der Waals surface area contributed by atoms with E-state index in [0.717, 1.165) is 26.0 Å². The molecule has 0 saturated heterocycles. The van der Waals surface area contributed by atoms with Gasteiger partial charge in [-0.15, -0.1) is 0 Å². The molecule has 1 aliphatic rings. The van der Waals surface area contributed by atoms with E-state index in [-0.39, 0.29) is 116 Å². The maximum Gasteiger partial charge on any atom is 0.438 e. The Labute approximate surface area is 646 Å². The van der Waals surface area contributed by atoms with Crippen molar-refractivity contribution in [1.82, 2.24) is 76.8 Å². The first-order valence-electron chi connectivity index (χ1n) is 34.8. The molecule has 0 saturated carbocycles. The minimum atomic E-state index is -1.23. The molecule has 656 valence electrons. The highest BCUT2D eigenvalue weighted by Gasteiger charge is 2.28. The van der Waals surface area contributed by atoms with E-state index in [1.165, 1.54) is 26.9 Å². The number of imide groups is 1. The van der Waals surface area contributed by atoms with Crippen molar-refractivity contribution in [2.75, 3.05) is 256 Å². The fraction of sp³-hybridized carbons (Fsp3) is 0.733. The number of alkyl carbamates (subject to hydrolysis) is 7. The van der Waals surface area contributed by atoms with E-state index >= 15 is 0 Å². The van der Waals surface area contributed by atoms with Gasteiger partial charge in [0.05, 0.1) is 26.2 Å². The summed E-state index contributed by atoms with van der Waals surface area (Å²) in [6.07, 6.45) is -5.60. The Kier molecular flexibility index (Phi) is 63.5. The fourth-order valence-corrected chi connectivity index (χ4v) is 8.65. The van der Waals surface area contributed by atoms with Crippen molar-refractivity contribution >= 4 is 84.2 Å². The monoisotopic (exact) mass is 1680 g/mol. The van der Waals surface area contributed by atoms with Crippen LogP contribution in [0.15, 0.2) is 12.2 Å². The molecule has 14 amide bonds. The van der Waals surface area contributed by atoms with Gasteiger partial charge in [0.25, 0.3) is 11.8 Å². The summed E-state index contributed by atoms with van der Waals surface area (Å²) < 4.78 is 131. The minimum absolute atomic E-state index is 0.180. The van der Waals surface area contributed by atoms with E-state index in [4.69, 9.17) is 33.2 Å². The number of halogens is 8. The lowest BCUT2D eigenvalue weighted by Crippen LogP contribution is -2.51. The molecule has 0 fully saturated rings. The Morgan fingerprint density at radius 3 is 0.737 bits per heavy atom. The van der Waals surface area contributed by atoms with Gasteiger partial charge in [0.2, 0.25) is 23.6 Å². The molecule has 0 atom stereocenters. The third kappa shape index (κ3) is 57.0. The topological polar surface area (TPSA) is 515 Å². The quantitative estimate of drug-likeness (QED) is 0.00923. The van der Waals surface area contributed by atoms with Gasteiger partial charge in [-0.3, -0.25) is 48.4 Å². The maximum absolute atomic E-state index is 14.6. The average Bonchev–Trinajstić information content (AvgIpc) is 1.74. The molecule has 0 aromatic rings. The highest BCUT2D eigenvalue weighted by Crippen LogP contribution is 2.09. The molecule has 1 aliphatic heterocycles. The van der Waals surface area contributed by atoms with Gasteiger partial charge in [-0.1, -0.05) is 13.8 Å². The minimum Gasteiger partial charge on any atom is -0.447 e. The maximum atomic E-state index is 14.6. The van der Waals surface area contributed by atoms with Crippen LogP contribution in [-0.4, -0.2) is 375 Å². The lowest BCUT2D eigenvalue weighted by molar-refractivity contribution is -0.261. The third-order valence-corrected chi connectivity index (χ3v) is 14.0. The summed E-state index contributed by atoms with van der Waals surface area (Å²) in [6.45, 7) is -14.6. The molecule has 0 radical (unpaired) electrons. The van der Waals surface area contributed by atoms with Crippen LogP contribution in [0.25, 0.3) is 0 Å². The summed E-state index contributed by atoms with van der Waals surface area (Å²) in [4.78, 5) is 223. The Balaban J connectivity index is 0.00000964. The first kappa shape index (κ1) is 104. The second kappa shape index (κ2) is 69.6. The smallest absolute Gasteiger partial charge is 0.438 e. The molecule has 0 aromatic carbocycles. The van der Waals surface area contributed by atoms with Crippen LogP contribution < -0.4 is 42.5 Å². The molecular weight excluding hydrogens is 1580 g/mol. The van der Waals surface area contributed by atoms with E-state index < -0.39 is 224 Å². The second-order valence-corrected chi connectivity index (χ2v) is 22.7. The summed E-state index contributed by atoms with van der Waals surface area (Å²) in [5.74, 6) is -3.24. The van der Waals surface area contributed by atoms with Crippen LogP contribution in [0.1, 0.15) is 26.7 Å². The zero-order valence-electron chi connectivity index (χ0n) is 62.5. The molecule has 0 unspecified atom stereocenters. The summed E-state index contributed by atoms with van der Waals surface area (Å²) >= 11 is 0. The molecule has 0 aromatic heterocycles. The van der Waals surface area contributed by atoms with E-state index in [9.17, 15) is 103 Å². The summed E-state index contributed by atoms with van der Waals surface area (Å²) in [6, 6.07) is 0. The van der Waals surface area contributed by atoms with Crippen molar-refractivity contribution in [3.05, 3.63) is 12.2 Å². The van der Waals surface area contributed by atoms with Crippen LogP contribution in [-0.2, 0) is 111 Å². The van der Waals surface area contributed by atoms with Crippen LogP contribution in [0.3, 0.4) is 0 Å². The Morgan fingerprint density at radius 2 is 0.526 bits per heavy atom. The number of nitrogens with one attached hydrogen (secondary N) is 8. The predicted molar refractivity (Wildman–Crippen MR) is 362 cm³/mol. The lowest BCUT2D eigenvalue weighted by atomic mass is 10.1. The van der Waals surface area contributed by atoms with E-state index in [1.54, 1.807) is 0 Å².